The molecule has 2 bridgehead atoms. The SMILES string of the molecule is CC1=CC2CC1C1OC(=O)OC(=O)OC21. The van der Waals surface area contributed by atoms with Crippen LogP contribution in [-0.4, -0.2) is 24.5 Å². The Morgan fingerprint density at radius 3 is 2.60 bits per heavy atom. The summed E-state index contributed by atoms with van der Waals surface area (Å²) in [4.78, 5) is 22.1. The Morgan fingerprint density at radius 2 is 1.87 bits per heavy atom. The molecule has 80 valence electrons. The molecule has 3 rings (SSSR count). The van der Waals surface area contributed by atoms with Crippen LogP contribution in [0.1, 0.15) is 13.3 Å². The van der Waals surface area contributed by atoms with Gasteiger partial charge in [-0.1, -0.05) is 11.6 Å². The second-order valence-corrected chi connectivity index (χ2v) is 4.18. The topological polar surface area (TPSA) is 61.8 Å². The van der Waals surface area contributed by atoms with Crippen LogP contribution in [0.4, 0.5) is 9.59 Å². The molecule has 0 spiro atoms. The van der Waals surface area contributed by atoms with Crippen LogP contribution in [-0.2, 0) is 14.2 Å². The van der Waals surface area contributed by atoms with Gasteiger partial charge in [0.15, 0.2) is 0 Å². The first kappa shape index (κ1) is 8.76. The molecule has 15 heavy (non-hydrogen) atoms. The van der Waals surface area contributed by atoms with E-state index in [1.54, 1.807) is 0 Å². The van der Waals surface area contributed by atoms with Crippen LogP contribution in [0.5, 0.6) is 0 Å². The van der Waals surface area contributed by atoms with E-state index >= 15 is 0 Å². The van der Waals surface area contributed by atoms with Crippen molar-refractivity contribution < 1.29 is 23.8 Å². The molecule has 2 aliphatic carbocycles. The molecule has 5 heteroatoms. The first-order valence-electron chi connectivity index (χ1n) is 4.92. The lowest BCUT2D eigenvalue weighted by Gasteiger charge is -2.25. The maximum absolute atomic E-state index is 11.1. The minimum atomic E-state index is -0.953. The van der Waals surface area contributed by atoms with Gasteiger partial charge < -0.3 is 14.2 Å². The third-order valence-corrected chi connectivity index (χ3v) is 3.36. The predicted octanol–water partition coefficient (Wildman–Crippen LogP) is 1.62. The van der Waals surface area contributed by atoms with Gasteiger partial charge in [0, 0.05) is 11.8 Å². The monoisotopic (exact) mass is 210 g/mol. The van der Waals surface area contributed by atoms with Crippen LogP contribution in [0.15, 0.2) is 11.6 Å². The summed E-state index contributed by atoms with van der Waals surface area (Å²) < 4.78 is 14.4. The molecule has 5 nitrogen and oxygen atoms in total. The molecule has 3 aliphatic rings. The highest BCUT2D eigenvalue weighted by atomic mass is 16.8. The molecule has 0 radical (unpaired) electrons. The van der Waals surface area contributed by atoms with Crippen LogP contribution < -0.4 is 0 Å². The molecule has 0 amide bonds. The van der Waals surface area contributed by atoms with Gasteiger partial charge in [-0.25, -0.2) is 9.59 Å². The van der Waals surface area contributed by atoms with E-state index in [-0.39, 0.29) is 24.0 Å². The van der Waals surface area contributed by atoms with Gasteiger partial charge in [0.05, 0.1) is 0 Å². The molecule has 1 saturated heterocycles. The van der Waals surface area contributed by atoms with Crippen LogP contribution in [0, 0.1) is 11.8 Å². The quantitative estimate of drug-likeness (QED) is 0.345. The van der Waals surface area contributed by atoms with E-state index < -0.39 is 12.3 Å². The lowest BCUT2D eigenvalue weighted by molar-refractivity contribution is 0.00616. The lowest BCUT2D eigenvalue weighted by Crippen LogP contribution is -2.35. The number of hydrogen-bond acceptors (Lipinski definition) is 5. The molecule has 0 aromatic rings. The molecule has 0 aromatic heterocycles. The van der Waals surface area contributed by atoms with Gasteiger partial charge in [0.1, 0.15) is 12.2 Å². The van der Waals surface area contributed by atoms with Gasteiger partial charge in [-0.05, 0) is 13.3 Å². The fourth-order valence-corrected chi connectivity index (χ4v) is 2.75. The van der Waals surface area contributed by atoms with Crippen LogP contribution >= 0.6 is 0 Å². The number of carbonyl (C=O) groups is 2. The average Bonchev–Trinajstić information content (AvgIpc) is 2.59. The van der Waals surface area contributed by atoms with Crippen molar-refractivity contribution in [3.8, 4) is 0 Å². The summed E-state index contributed by atoms with van der Waals surface area (Å²) in [7, 11) is 0. The fourth-order valence-electron chi connectivity index (χ4n) is 2.75. The zero-order chi connectivity index (χ0) is 10.6. The van der Waals surface area contributed by atoms with Crippen molar-refractivity contribution in [3.05, 3.63) is 11.6 Å². The highest BCUT2D eigenvalue weighted by molar-refractivity contribution is 5.78. The highest BCUT2D eigenvalue weighted by Crippen LogP contribution is 2.47. The molecule has 1 saturated carbocycles. The molecule has 4 atom stereocenters. The Hall–Kier alpha value is -1.52. The molecular weight excluding hydrogens is 200 g/mol. The second kappa shape index (κ2) is 2.74. The molecule has 4 unspecified atom stereocenters. The fraction of sp³-hybridized carbons (Fsp3) is 0.600. The highest BCUT2D eigenvalue weighted by Gasteiger charge is 2.53. The summed E-state index contributed by atoms with van der Waals surface area (Å²) in [6.45, 7) is 2.00. The first-order chi connectivity index (χ1) is 7.15. The number of cyclic esters (lactones) is 2. The third kappa shape index (κ3) is 1.15. The Morgan fingerprint density at radius 1 is 1.20 bits per heavy atom. The number of hydrogen-bond donors (Lipinski definition) is 0. The van der Waals surface area contributed by atoms with E-state index in [4.69, 9.17) is 9.47 Å². The number of fused-ring (bicyclic) bond motifs is 5. The normalized spacial score (nSPS) is 42.3. The molecule has 0 aromatic carbocycles. The van der Waals surface area contributed by atoms with Crippen molar-refractivity contribution in [2.75, 3.05) is 0 Å². The minimum absolute atomic E-state index is 0.165. The van der Waals surface area contributed by atoms with Gasteiger partial charge in [0.25, 0.3) is 0 Å². The Balaban J connectivity index is 1.93. The van der Waals surface area contributed by atoms with E-state index in [9.17, 15) is 9.59 Å². The van der Waals surface area contributed by atoms with E-state index in [0.717, 1.165) is 6.42 Å². The van der Waals surface area contributed by atoms with Crippen molar-refractivity contribution in [3.63, 3.8) is 0 Å². The van der Waals surface area contributed by atoms with Crippen molar-refractivity contribution in [1.29, 1.82) is 0 Å². The van der Waals surface area contributed by atoms with Crippen molar-refractivity contribution >= 4 is 12.3 Å². The van der Waals surface area contributed by atoms with Crippen molar-refractivity contribution in [2.45, 2.75) is 25.6 Å². The maximum Gasteiger partial charge on any atom is 0.519 e. The molecule has 0 N–H and O–H groups in total. The molecule has 2 fully saturated rings. The van der Waals surface area contributed by atoms with E-state index in [0.29, 0.717) is 0 Å². The van der Waals surface area contributed by atoms with E-state index in [1.165, 1.54) is 5.57 Å². The molecule has 1 aliphatic heterocycles. The minimum Gasteiger partial charge on any atom is -0.426 e. The van der Waals surface area contributed by atoms with Crippen molar-refractivity contribution in [2.24, 2.45) is 11.8 Å². The average molecular weight is 210 g/mol. The third-order valence-electron chi connectivity index (χ3n) is 3.36. The summed E-state index contributed by atoms with van der Waals surface area (Å²) in [6.07, 6.45) is 0.343. The number of rotatable bonds is 0. The number of ether oxygens (including phenoxy) is 3. The van der Waals surface area contributed by atoms with Gasteiger partial charge in [-0.15, -0.1) is 0 Å². The van der Waals surface area contributed by atoms with Crippen LogP contribution in [0.2, 0.25) is 0 Å². The smallest absolute Gasteiger partial charge is 0.426 e. The largest absolute Gasteiger partial charge is 0.519 e. The van der Waals surface area contributed by atoms with Crippen LogP contribution in [0.25, 0.3) is 0 Å². The second-order valence-electron chi connectivity index (χ2n) is 4.18. The van der Waals surface area contributed by atoms with Gasteiger partial charge >= 0.3 is 12.3 Å². The lowest BCUT2D eigenvalue weighted by atomic mass is 9.95. The Kier molecular flexibility index (Phi) is 1.60. The van der Waals surface area contributed by atoms with Gasteiger partial charge in [0.2, 0.25) is 0 Å². The Labute approximate surface area is 86.0 Å². The molecule has 1 heterocycles. The van der Waals surface area contributed by atoms with Crippen LogP contribution in [0.3, 0.4) is 0 Å². The maximum atomic E-state index is 11.1. The number of carbonyl (C=O) groups excluding carboxylic acids is 2. The Bertz CT molecular complexity index is 372. The summed E-state index contributed by atoms with van der Waals surface area (Å²) >= 11 is 0. The predicted molar refractivity (Wildman–Crippen MR) is 47.0 cm³/mol. The summed E-state index contributed by atoms with van der Waals surface area (Å²) in [5, 5.41) is 0. The standard InChI is InChI=1S/C10H10O5/c1-4-2-5-3-6(4)8-7(5)13-9(11)15-10(12)14-8/h2,5-8H,3H2,1H3. The van der Waals surface area contributed by atoms with E-state index in [2.05, 4.69) is 10.8 Å². The zero-order valence-corrected chi connectivity index (χ0v) is 8.14. The van der Waals surface area contributed by atoms with E-state index in [1.807, 2.05) is 6.92 Å². The summed E-state index contributed by atoms with van der Waals surface area (Å²) in [5.41, 5.74) is 1.20. The summed E-state index contributed by atoms with van der Waals surface area (Å²) in [5.74, 6) is 0.344. The summed E-state index contributed by atoms with van der Waals surface area (Å²) in [6, 6.07) is 0. The van der Waals surface area contributed by atoms with Gasteiger partial charge in [-0.3, -0.25) is 0 Å². The molecular formula is C10H10O5. The first-order valence-corrected chi connectivity index (χ1v) is 4.92. The zero-order valence-electron chi connectivity index (χ0n) is 8.14. The van der Waals surface area contributed by atoms with Crippen molar-refractivity contribution in [1.82, 2.24) is 0 Å². The van der Waals surface area contributed by atoms with Gasteiger partial charge in [-0.2, -0.15) is 0 Å².